The summed E-state index contributed by atoms with van der Waals surface area (Å²) in [5.74, 6) is 0.972. The number of anilines is 1. The van der Waals surface area contributed by atoms with Crippen LogP contribution in [0.3, 0.4) is 0 Å². The van der Waals surface area contributed by atoms with Crippen LogP contribution < -0.4 is 10.2 Å². The van der Waals surface area contributed by atoms with Crippen molar-refractivity contribution in [2.24, 2.45) is 0 Å². The van der Waals surface area contributed by atoms with Crippen molar-refractivity contribution in [2.45, 2.75) is 9.79 Å². The van der Waals surface area contributed by atoms with E-state index < -0.39 is 0 Å². The molecule has 1 saturated heterocycles. The van der Waals surface area contributed by atoms with Crippen LogP contribution in [0.2, 0.25) is 0 Å². The molecule has 1 fully saturated rings. The van der Waals surface area contributed by atoms with E-state index >= 15 is 0 Å². The van der Waals surface area contributed by atoms with Crippen molar-refractivity contribution >= 4 is 23.1 Å². The van der Waals surface area contributed by atoms with Gasteiger partial charge in [-0.25, -0.2) is 9.50 Å². The van der Waals surface area contributed by atoms with E-state index in [1.165, 1.54) is 11.8 Å². The first-order valence-corrected chi connectivity index (χ1v) is 11.1. The summed E-state index contributed by atoms with van der Waals surface area (Å²) in [6, 6.07) is 18.1. The zero-order valence-corrected chi connectivity index (χ0v) is 18.0. The lowest BCUT2D eigenvalue weighted by molar-refractivity contribution is 0.585. The number of benzene rings is 1. The van der Waals surface area contributed by atoms with Gasteiger partial charge in [0.2, 0.25) is 0 Å². The Hall–Kier alpha value is -3.85. The van der Waals surface area contributed by atoms with Crippen LogP contribution in [0, 0.1) is 22.7 Å². The smallest absolute Gasteiger partial charge is 0.128 e. The molecule has 0 unspecified atom stereocenters. The first kappa shape index (κ1) is 20.1. The molecular formula is C24H19N7S. The van der Waals surface area contributed by atoms with Crippen LogP contribution in [-0.2, 0) is 0 Å². The highest BCUT2D eigenvalue weighted by atomic mass is 32.2. The lowest BCUT2D eigenvalue weighted by Gasteiger charge is -2.28. The lowest BCUT2D eigenvalue weighted by Crippen LogP contribution is -2.43. The van der Waals surface area contributed by atoms with Crippen LogP contribution in [0.25, 0.3) is 16.6 Å². The van der Waals surface area contributed by atoms with E-state index in [-0.39, 0.29) is 0 Å². The third kappa shape index (κ3) is 3.78. The molecule has 8 heteroatoms. The topological polar surface area (TPSA) is 93.0 Å². The van der Waals surface area contributed by atoms with Crippen molar-refractivity contribution in [3.05, 3.63) is 72.2 Å². The number of nitrogens with one attached hydrogen (secondary N) is 1. The molecule has 1 aliphatic rings. The second-order valence-corrected chi connectivity index (χ2v) is 8.49. The fourth-order valence-corrected chi connectivity index (χ4v) is 4.90. The van der Waals surface area contributed by atoms with Crippen LogP contribution in [0.1, 0.15) is 11.1 Å². The molecule has 0 atom stereocenters. The fourth-order valence-electron chi connectivity index (χ4n) is 3.81. The SMILES string of the molecule is N#Cc1ccccc1Sc1cc(-c2ccc(N3CCNCC3)nc2)cn2ncc(C#N)c12. The van der Waals surface area contributed by atoms with Gasteiger partial charge in [0.1, 0.15) is 18.0 Å². The molecule has 0 radical (unpaired) electrons. The number of pyridine rings is 2. The molecule has 0 aliphatic carbocycles. The zero-order chi connectivity index (χ0) is 21.9. The number of nitrogens with zero attached hydrogens (tertiary/aromatic N) is 6. The average Bonchev–Trinajstić information content (AvgIpc) is 3.28. The molecule has 3 aromatic heterocycles. The predicted octanol–water partition coefficient (Wildman–Crippen LogP) is 3.70. The number of piperazine rings is 1. The van der Waals surface area contributed by atoms with E-state index in [0.29, 0.717) is 11.1 Å². The first-order chi connectivity index (χ1) is 15.8. The van der Waals surface area contributed by atoms with Crippen molar-refractivity contribution < 1.29 is 0 Å². The molecule has 4 heterocycles. The maximum absolute atomic E-state index is 9.57. The molecule has 1 aliphatic heterocycles. The molecular weight excluding hydrogens is 418 g/mol. The van der Waals surface area contributed by atoms with Crippen LogP contribution in [0.5, 0.6) is 0 Å². The third-order valence-corrected chi connectivity index (χ3v) is 6.55. The van der Waals surface area contributed by atoms with E-state index in [0.717, 1.165) is 58.4 Å². The Morgan fingerprint density at radius 2 is 1.72 bits per heavy atom. The number of nitriles is 2. The summed E-state index contributed by atoms with van der Waals surface area (Å²) in [6.07, 6.45) is 5.37. The van der Waals surface area contributed by atoms with E-state index in [4.69, 9.17) is 0 Å². The normalized spacial score (nSPS) is 13.6. The number of aromatic nitrogens is 3. The number of rotatable bonds is 4. The molecule has 0 bridgehead atoms. The van der Waals surface area contributed by atoms with Gasteiger partial charge < -0.3 is 10.2 Å². The Labute approximate surface area is 189 Å². The zero-order valence-electron chi connectivity index (χ0n) is 17.2. The molecule has 1 aromatic carbocycles. The van der Waals surface area contributed by atoms with Gasteiger partial charge in [-0.3, -0.25) is 0 Å². The Bertz CT molecular complexity index is 1360. The molecule has 32 heavy (non-hydrogen) atoms. The second kappa shape index (κ2) is 8.72. The van der Waals surface area contributed by atoms with Gasteiger partial charge in [0, 0.05) is 59.5 Å². The first-order valence-electron chi connectivity index (χ1n) is 10.3. The molecule has 1 N–H and O–H groups in total. The molecule has 156 valence electrons. The highest BCUT2D eigenvalue weighted by molar-refractivity contribution is 7.99. The van der Waals surface area contributed by atoms with Gasteiger partial charge in [-0.1, -0.05) is 23.9 Å². The van der Waals surface area contributed by atoms with E-state index in [2.05, 4.69) is 38.5 Å². The van der Waals surface area contributed by atoms with E-state index in [1.807, 2.05) is 42.7 Å². The van der Waals surface area contributed by atoms with Gasteiger partial charge in [-0.15, -0.1) is 0 Å². The van der Waals surface area contributed by atoms with Gasteiger partial charge in [0.25, 0.3) is 0 Å². The summed E-state index contributed by atoms with van der Waals surface area (Å²) in [4.78, 5) is 8.67. The predicted molar refractivity (Wildman–Crippen MR) is 124 cm³/mol. The average molecular weight is 438 g/mol. The Kier molecular flexibility index (Phi) is 5.47. The van der Waals surface area contributed by atoms with Crippen molar-refractivity contribution in [1.82, 2.24) is 19.9 Å². The van der Waals surface area contributed by atoms with E-state index in [1.54, 1.807) is 16.8 Å². The fraction of sp³-hybridized carbons (Fsp3) is 0.167. The van der Waals surface area contributed by atoms with Gasteiger partial charge in [0.15, 0.2) is 0 Å². The van der Waals surface area contributed by atoms with Gasteiger partial charge in [0.05, 0.1) is 22.8 Å². The Morgan fingerprint density at radius 1 is 0.906 bits per heavy atom. The molecule has 5 rings (SSSR count). The largest absolute Gasteiger partial charge is 0.354 e. The summed E-state index contributed by atoms with van der Waals surface area (Å²) >= 11 is 1.47. The quantitative estimate of drug-likeness (QED) is 0.520. The summed E-state index contributed by atoms with van der Waals surface area (Å²) in [5, 5.41) is 26.8. The van der Waals surface area contributed by atoms with Crippen LogP contribution in [0.15, 0.2) is 70.8 Å². The summed E-state index contributed by atoms with van der Waals surface area (Å²) < 4.78 is 1.73. The molecule has 0 spiro atoms. The summed E-state index contributed by atoms with van der Waals surface area (Å²) in [5.41, 5.74) is 3.75. The number of fused-ring (bicyclic) bond motifs is 1. The minimum absolute atomic E-state index is 0.501. The van der Waals surface area contributed by atoms with Gasteiger partial charge >= 0.3 is 0 Å². The lowest BCUT2D eigenvalue weighted by atomic mass is 10.1. The highest BCUT2D eigenvalue weighted by Gasteiger charge is 2.16. The van der Waals surface area contributed by atoms with Crippen LogP contribution in [0.4, 0.5) is 5.82 Å². The Balaban J connectivity index is 1.56. The van der Waals surface area contributed by atoms with Gasteiger partial charge in [-0.2, -0.15) is 15.6 Å². The van der Waals surface area contributed by atoms with Crippen molar-refractivity contribution in [3.63, 3.8) is 0 Å². The summed E-state index contributed by atoms with van der Waals surface area (Å²) in [6.45, 7) is 3.82. The molecule has 0 saturated carbocycles. The number of hydrogen-bond donors (Lipinski definition) is 1. The molecule has 0 amide bonds. The van der Waals surface area contributed by atoms with Crippen molar-refractivity contribution in [3.8, 4) is 23.3 Å². The second-order valence-electron chi connectivity index (χ2n) is 7.41. The molecule has 4 aromatic rings. The van der Waals surface area contributed by atoms with Crippen molar-refractivity contribution in [2.75, 3.05) is 31.1 Å². The van der Waals surface area contributed by atoms with E-state index in [9.17, 15) is 10.5 Å². The number of hydrogen-bond acceptors (Lipinski definition) is 7. The maximum Gasteiger partial charge on any atom is 0.128 e. The summed E-state index contributed by atoms with van der Waals surface area (Å²) in [7, 11) is 0. The minimum atomic E-state index is 0.501. The van der Waals surface area contributed by atoms with Crippen molar-refractivity contribution in [1.29, 1.82) is 10.5 Å². The standard InChI is InChI=1S/C24H19N7S/c25-12-17-3-1-2-4-21(17)32-22-11-19(16-31-24(22)20(13-26)15-29-31)18-5-6-23(28-14-18)30-9-7-27-8-10-30/h1-6,11,14-16,27H,7-10H2. The monoisotopic (exact) mass is 437 g/mol. The Morgan fingerprint density at radius 3 is 2.47 bits per heavy atom. The highest BCUT2D eigenvalue weighted by Crippen LogP contribution is 2.37. The third-order valence-electron chi connectivity index (χ3n) is 5.45. The maximum atomic E-state index is 9.57. The minimum Gasteiger partial charge on any atom is -0.354 e. The van der Waals surface area contributed by atoms with Gasteiger partial charge in [-0.05, 0) is 30.3 Å². The van der Waals surface area contributed by atoms with Crippen LogP contribution in [-0.4, -0.2) is 40.8 Å². The van der Waals surface area contributed by atoms with Crippen LogP contribution >= 0.6 is 11.8 Å². The molecule has 7 nitrogen and oxygen atoms in total.